The van der Waals surface area contributed by atoms with Gasteiger partial charge in [-0.3, -0.25) is 0 Å². The van der Waals surface area contributed by atoms with E-state index in [0.29, 0.717) is 6.54 Å². The minimum absolute atomic E-state index is 0.108. The van der Waals surface area contributed by atoms with Gasteiger partial charge in [-0.05, 0) is 30.3 Å². The van der Waals surface area contributed by atoms with Crippen LogP contribution in [0.15, 0.2) is 47.3 Å². The van der Waals surface area contributed by atoms with E-state index in [9.17, 15) is 0 Å². The van der Waals surface area contributed by atoms with E-state index in [4.69, 9.17) is 14.9 Å². The van der Waals surface area contributed by atoms with Gasteiger partial charge in [0.1, 0.15) is 5.75 Å². The number of ether oxygens (including phenoxy) is 1. The van der Waals surface area contributed by atoms with Crippen molar-refractivity contribution < 1.29 is 9.15 Å². The highest BCUT2D eigenvalue weighted by Crippen LogP contribution is 2.26. The monoisotopic (exact) mass is 246 g/mol. The van der Waals surface area contributed by atoms with Crippen LogP contribution >= 0.6 is 0 Å². The van der Waals surface area contributed by atoms with Crippen LogP contribution in [-0.4, -0.2) is 20.7 Å². The van der Waals surface area contributed by atoms with Gasteiger partial charge in [0, 0.05) is 24.8 Å². The second-order valence-corrected chi connectivity index (χ2v) is 4.12. The lowest BCUT2D eigenvalue weighted by Crippen LogP contribution is -2.30. The van der Waals surface area contributed by atoms with Gasteiger partial charge in [-0.15, -0.1) is 0 Å². The van der Waals surface area contributed by atoms with Gasteiger partial charge in [-0.25, -0.2) is 0 Å². The largest absolute Gasteiger partial charge is 0.497 e. The highest BCUT2D eigenvalue weighted by molar-refractivity contribution is 5.50. The van der Waals surface area contributed by atoms with E-state index in [1.165, 1.54) is 0 Å². The lowest BCUT2D eigenvalue weighted by Gasteiger charge is -2.28. The molecule has 1 aromatic heterocycles. The molecule has 1 heterocycles. The molecule has 18 heavy (non-hydrogen) atoms. The molecule has 0 aliphatic rings. The standard InChI is InChI=1S/C14H18N2O2/c1-16(12-3-5-13(17-2)6-4-12)14(9-15)11-7-8-18-10-11/h3-8,10,14H,9,15H2,1-2H3. The number of benzene rings is 1. The summed E-state index contributed by atoms with van der Waals surface area (Å²) in [5.41, 5.74) is 8.02. The van der Waals surface area contributed by atoms with Gasteiger partial charge in [0.25, 0.3) is 0 Å². The molecule has 0 spiro atoms. The maximum atomic E-state index is 5.85. The Hall–Kier alpha value is -1.94. The number of furan rings is 1. The molecule has 0 fully saturated rings. The second-order valence-electron chi connectivity index (χ2n) is 4.12. The summed E-state index contributed by atoms with van der Waals surface area (Å²) in [6.07, 6.45) is 3.40. The Bertz CT molecular complexity index is 465. The van der Waals surface area contributed by atoms with E-state index in [0.717, 1.165) is 17.0 Å². The van der Waals surface area contributed by atoms with Crippen LogP contribution in [0.25, 0.3) is 0 Å². The molecular weight excluding hydrogens is 228 g/mol. The Morgan fingerprint density at radius 3 is 2.50 bits per heavy atom. The fourth-order valence-electron chi connectivity index (χ4n) is 1.98. The summed E-state index contributed by atoms with van der Waals surface area (Å²) in [5.74, 6) is 0.847. The average Bonchev–Trinajstić information content (AvgIpc) is 2.93. The maximum Gasteiger partial charge on any atom is 0.119 e. The summed E-state index contributed by atoms with van der Waals surface area (Å²) in [5, 5.41) is 0. The average molecular weight is 246 g/mol. The fourth-order valence-corrected chi connectivity index (χ4v) is 1.98. The predicted molar refractivity (Wildman–Crippen MR) is 71.9 cm³/mol. The van der Waals surface area contributed by atoms with Crippen LogP contribution in [0, 0.1) is 0 Å². The Morgan fingerprint density at radius 1 is 1.28 bits per heavy atom. The van der Waals surface area contributed by atoms with E-state index < -0.39 is 0 Å². The van der Waals surface area contributed by atoms with Gasteiger partial charge in [-0.2, -0.15) is 0 Å². The van der Waals surface area contributed by atoms with E-state index in [-0.39, 0.29) is 6.04 Å². The number of hydrogen-bond donors (Lipinski definition) is 1. The van der Waals surface area contributed by atoms with Crippen LogP contribution in [0.1, 0.15) is 11.6 Å². The molecule has 0 radical (unpaired) electrons. The number of methoxy groups -OCH3 is 1. The topological polar surface area (TPSA) is 51.6 Å². The smallest absolute Gasteiger partial charge is 0.119 e. The first kappa shape index (κ1) is 12.5. The Kier molecular flexibility index (Phi) is 3.89. The molecule has 0 bridgehead atoms. The molecule has 1 atom stereocenters. The number of likely N-dealkylation sites (N-methyl/N-ethyl adjacent to an activating group) is 1. The molecule has 2 N–H and O–H groups in total. The zero-order valence-electron chi connectivity index (χ0n) is 10.7. The van der Waals surface area contributed by atoms with Crippen molar-refractivity contribution in [1.29, 1.82) is 0 Å². The normalized spacial score (nSPS) is 12.2. The molecule has 2 rings (SSSR count). The molecule has 1 aromatic carbocycles. The minimum Gasteiger partial charge on any atom is -0.497 e. The van der Waals surface area contributed by atoms with Crippen molar-refractivity contribution in [3.05, 3.63) is 48.4 Å². The summed E-state index contributed by atoms with van der Waals surface area (Å²) in [6.45, 7) is 0.530. The first-order valence-electron chi connectivity index (χ1n) is 5.85. The predicted octanol–water partition coefficient (Wildman–Crippen LogP) is 2.42. The second kappa shape index (κ2) is 5.60. The quantitative estimate of drug-likeness (QED) is 0.880. The molecule has 0 saturated heterocycles. The van der Waals surface area contributed by atoms with Crippen LogP contribution in [-0.2, 0) is 0 Å². The van der Waals surface area contributed by atoms with Crippen molar-refractivity contribution >= 4 is 5.69 Å². The van der Waals surface area contributed by atoms with E-state index in [1.807, 2.05) is 37.4 Å². The first-order valence-corrected chi connectivity index (χ1v) is 5.85. The van der Waals surface area contributed by atoms with Crippen LogP contribution < -0.4 is 15.4 Å². The summed E-state index contributed by atoms with van der Waals surface area (Å²) < 4.78 is 10.3. The van der Waals surface area contributed by atoms with E-state index in [1.54, 1.807) is 19.6 Å². The molecule has 0 amide bonds. The highest BCUT2D eigenvalue weighted by atomic mass is 16.5. The molecule has 96 valence electrons. The minimum atomic E-state index is 0.108. The Balaban J connectivity index is 2.20. The third-order valence-electron chi connectivity index (χ3n) is 3.10. The molecule has 4 nitrogen and oxygen atoms in total. The van der Waals surface area contributed by atoms with E-state index in [2.05, 4.69) is 4.90 Å². The number of hydrogen-bond acceptors (Lipinski definition) is 4. The van der Waals surface area contributed by atoms with Gasteiger partial charge in [0.05, 0.1) is 25.7 Å². The van der Waals surface area contributed by atoms with Gasteiger partial charge < -0.3 is 19.8 Å². The van der Waals surface area contributed by atoms with Crippen molar-refractivity contribution in [3.63, 3.8) is 0 Å². The number of nitrogens with zero attached hydrogens (tertiary/aromatic N) is 1. The summed E-state index contributed by atoms with van der Waals surface area (Å²) in [6, 6.07) is 9.96. The molecule has 4 heteroatoms. The van der Waals surface area contributed by atoms with Gasteiger partial charge in [0.2, 0.25) is 0 Å². The molecule has 0 aliphatic heterocycles. The summed E-state index contributed by atoms with van der Waals surface area (Å²) in [4.78, 5) is 2.13. The zero-order valence-corrected chi connectivity index (χ0v) is 10.7. The molecule has 0 saturated carbocycles. The zero-order chi connectivity index (χ0) is 13.0. The summed E-state index contributed by atoms with van der Waals surface area (Å²) in [7, 11) is 3.68. The third-order valence-corrected chi connectivity index (χ3v) is 3.10. The van der Waals surface area contributed by atoms with Crippen molar-refractivity contribution in [2.75, 3.05) is 25.6 Å². The van der Waals surface area contributed by atoms with Gasteiger partial charge >= 0.3 is 0 Å². The number of anilines is 1. The fraction of sp³-hybridized carbons (Fsp3) is 0.286. The number of rotatable bonds is 5. The molecule has 1 unspecified atom stereocenters. The van der Waals surface area contributed by atoms with Crippen molar-refractivity contribution in [3.8, 4) is 5.75 Å². The van der Waals surface area contributed by atoms with Gasteiger partial charge in [0.15, 0.2) is 0 Å². The number of nitrogens with two attached hydrogens (primary N) is 1. The van der Waals surface area contributed by atoms with Crippen LogP contribution in [0.2, 0.25) is 0 Å². The van der Waals surface area contributed by atoms with Crippen LogP contribution in [0.3, 0.4) is 0 Å². The lowest BCUT2D eigenvalue weighted by atomic mass is 10.1. The molecule has 0 aliphatic carbocycles. The Morgan fingerprint density at radius 2 is 2.00 bits per heavy atom. The van der Waals surface area contributed by atoms with Crippen molar-refractivity contribution in [2.45, 2.75) is 6.04 Å². The Labute approximate surface area is 107 Å². The first-order chi connectivity index (χ1) is 8.76. The van der Waals surface area contributed by atoms with Crippen LogP contribution in [0.4, 0.5) is 5.69 Å². The highest BCUT2D eigenvalue weighted by Gasteiger charge is 2.16. The molecule has 2 aromatic rings. The molecular formula is C14H18N2O2. The summed E-state index contributed by atoms with van der Waals surface area (Å²) >= 11 is 0. The van der Waals surface area contributed by atoms with Crippen molar-refractivity contribution in [2.24, 2.45) is 5.73 Å². The lowest BCUT2D eigenvalue weighted by molar-refractivity contribution is 0.415. The maximum absolute atomic E-state index is 5.85. The van der Waals surface area contributed by atoms with Crippen molar-refractivity contribution in [1.82, 2.24) is 0 Å². The third kappa shape index (κ3) is 2.49. The van der Waals surface area contributed by atoms with E-state index >= 15 is 0 Å². The van der Waals surface area contributed by atoms with Gasteiger partial charge in [-0.1, -0.05) is 0 Å². The van der Waals surface area contributed by atoms with Crippen LogP contribution in [0.5, 0.6) is 5.75 Å². The SMILES string of the molecule is COc1ccc(N(C)C(CN)c2ccoc2)cc1.